The Morgan fingerprint density at radius 2 is 1.88 bits per heavy atom. The number of carbonyl (C=O) groups excluding carboxylic acids is 1. The number of carbonyl (C=O) groups is 1. The predicted octanol–water partition coefficient (Wildman–Crippen LogP) is 2.24. The van der Waals surface area contributed by atoms with Crippen molar-refractivity contribution in [2.75, 3.05) is 7.11 Å². The number of rotatable bonds is 3. The zero-order chi connectivity index (χ0) is 17.9. The summed E-state index contributed by atoms with van der Waals surface area (Å²) < 4.78 is 7.47. The monoisotopic (exact) mass is 352 g/mol. The predicted molar refractivity (Wildman–Crippen MR) is 96.0 cm³/mol. The van der Waals surface area contributed by atoms with Gasteiger partial charge in [0, 0.05) is 19.0 Å². The normalized spacial score (nSPS) is 25.5. The van der Waals surface area contributed by atoms with Crippen LogP contribution in [-0.4, -0.2) is 44.8 Å². The molecule has 0 N–H and O–H groups in total. The molecule has 0 radical (unpaired) electrons. The fourth-order valence-electron chi connectivity index (χ4n) is 4.82. The first-order valence-corrected chi connectivity index (χ1v) is 9.48. The molecule has 2 fully saturated rings. The van der Waals surface area contributed by atoms with E-state index in [1.807, 2.05) is 19.1 Å². The third-order valence-corrected chi connectivity index (χ3v) is 6.48. The Bertz CT molecular complexity index is 853. The molecule has 3 heterocycles. The van der Waals surface area contributed by atoms with Gasteiger partial charge < -0.3 is 14.2 Å². The fourth-order valence-corrected chi connectivity index (χ4v) is 4.82. The lowest BCUT2D eigenvalue weighted by molar-refractivity contribution is -0.137. The lowest BCUT2D eigenvalue weighted by Crippen LogP contribution is -2.47. The number of fused-ring (bicyclic) bond motifs is 3. The van der Waals surface area contributed by atoms with Gasteiger partial charge in [0.25, 0.3) is 0 Å². The highest BCUT2D eigenvalue weighted by atomic mass is 16.5. The minimum atomic E-state index is -0.327. The van der Waals surface area contributed by atoms with Crippen molar-refractivity contribution in [3.63, 3.8) is 0 Å². The van der Waals surface area contributed by atoms with Crippen LogP contribution in [0, 0.1) is 6.92 Å². The third-order valence-electron chi connectivity index (χ3n) is 6.48. The van der Waals surface area contributed by atoms with Crippen molar-refractivity contribution < 1.29 is 9.53 Å². The van der Waals surface area contributed by atoms with Crippen molar-refractivity contribution in [2.24, 2.45) is 0 Å². The molecule has 1 aliphatic carbocycles. The van der Waals surface area contributed by atoms with Gasteiger partial charge in [-0.25, -0.2) is 0 Å². The van der Waals surface area contributed by atoms with Crippen LogP contribution >= 0.6 is 0 Å². The second kappa shape index (κ2) is 5.56. The summed E-state index contributed by atoms with van der Waals surface area (Å²) in [4.78, 5) is 15.9. The number of hydrogen-bond acceptors (Lipinski definition) is 4. The van der Waals surface area contributed by atoms with Crippen LogP contribution < -0.4 is 4.74 Å². The number of aromatic nitrogens is 3. The van der Waals surface area contributed by atoms with E-state index in [0.717, 1.165) is 61.6 Å². The van der Waals surface area contributed by atoms with Crippen LogP contribution in [0.5, 0.6) is 5.75 Å². The Hall–Kier alpha value is -2.37. The summed E-state index contributed by atoms with van der Waals surface area (Å²) in [7, 11) is 1.67. The van der Waals surface area contributed by atoms with Gasteiger partial charge in [-0.3, -0.25) is 4.79 Å². The van der Waals surface area contributed by atoms with E-state index in [4.69, 9.17) is 4.74 Å². The summed E-state index contributed by atoms with van der Waals surface area (Å²) in [6, 6.07) is 8.56. The van der Waals surface area contributed by atoms with Gasteiger partial charge in [-0.2, -0.15) is 0 Å². The molecule has 3 aliphatic rings. The molecule has 136 valence electrons. The third kappa shape index (κ3) is 2.20. The highest BCUT2D eigenvalue weighted by Crippen LogP contribution is 2.51. The van der Waals surface area contributed by atoms with E-state index in [0.29, 0.717) is 5.91 Å². The van der Waals surface area contributed by atoms with Crippen LogP contribution in [0.1, 0.15) is 42.9 Å². The SMILES string of the molecule is COc1ccc(C2(C(=O)N3[C@@H]4CC[C@H]3Cc3nnc(C)n3C4)CC2)cc1. The van der Waals surface area contributed by atoms with Crippen LogP contribution in [0.25, 0.3) is 0 Å². The zero-order valence-corrected chi connectivity index (χ0v) is 15.3. The van der Waals surface area contributed by atoms with E-state index in [1.54, 1.807) is 7.11 Å². The zero-order valence-electron chi connectivity index (χ0n) is 15.3. The number of amides is 1. The molecular formula is C20H24N4O2. The number of aryl methyl sites for hydroxylation is 1. The van der Waals surface area contributed by atoms with Gasteiger partial charge in [-0.15, -0.1) is 10.2 Å². The van der Waals surface area contributed by atoms with Crippen LogP contribution in [-0.2, 0) is 23.2 Å². The second-order valence-electron chi connectivity index (χ2n) is 7.89. The highest BCUT2D eigenvalue weighted by molar-refractivity contribution is 5.92. The number of ether oxygens (including phenoxy) is 1. The Balaban J connectivity index is 1.45. The fraction of sp³-hybridized carbons (Fsp3) is 0.550. The lowest BCUT2D eigenvalue weighted by Gasteiger charge is -2.32. The van der Waals surface area contributed by atoms with E-state index in [9.17, 15) is 4.79 Å². The first-order chi connectivity index (χ1) is 12.6. The number of hydrogen-bond donors (Lipinski definition) is 0. The molecule has 2 aromatic rings. The van der Waals surface area contributed by atoms with Gasteiger partial charge in [-0.1, -0.05) is 12.1 Å². The molecule has 2 atom stereocenters. The van der Waals surface area contributed by atoms with Crippen LogP contribution in [0.15, 0.2) is 24.3 Å². The average molecular weight is 352 g/mol. The molecule has 1 aromatic carbocycles. The van der Waals surface area contributed by atoms with Crippen molar-refractivity contribution in [3.05, 3.63) is 41.5 Å². The molecule has 26 heavy (non-hydrogen) atoms. The molecular weight excluding hydrogens is 328 g/mol. The molecule has 6 nitrogen and oxygen atoms in total. The molecule has 6 heteroatoms. The lowest BCUT2D eigenvalue weighted by atomic mass is 9.93. The van der Waals surface area contributed by atoms with E-state index in [1.165, 1.54) is 0 Å². The Morgan fingerprint density at radius 1 is 1.15 bits per heavy atom. The summed E-state index contributed by atoms with van der Waals surface area (Å²) in [5.74, 6) is 3.13. The smallest absolute Gasteiger partial charge is 0.233 e. The van der Waals surface area contributed by atoms with Gasteiger partial charge in [0.2, 0.25) is 5.91 Å². The molecule has 1 amide bonds. The largest absolute Gasteiger partial charge is 0.497 e. The maximum Gasteiger partial charge on any atom is 0.233 e. The quantitative estimate of drug-likeness (QED) is 0.850. The van der Waals surface area contributed by atoms with Crippen LogP contribution in [0.4, 0.5) is 0 Å². The summed E-state index contributed by atoms with van der Waals surface area (Å²) in [5, 5.41) is 8.57. The molecule has 1 aromatic heterocycles. The topological polar surface area (TPSA) is 60.2 Å². The standard InChI is InChI=1S/C20H24N4O2/c1-13-21-22-18-11-15-5-6-16(12-23(13)18)24(15)19(25)20(9-10-20)14-3-7-17(26-2)8-4-14/h3-4,7-8,15-16H,5-6,9-12H2,1-2H3/t15-,16+/m0/s1. The number of nitrogens with zero attached hydrogens (tertiary/aromatic N) is 4. The van der Waals surface area contributed by atoms with E-state index in [-0.39, 0.29) is 17.5 Å². The Morgan fingerprint density at radius 3 is 2.58 bits per heavy atom. The van der Waals surface area contributed by atoms with Crippen molar-refractivity contribution in [1.82, 2.24) is 19.7 Å². The maximum absolute atomic E-state index is 13.7. The second-order valence-corrected chi connectivity index (χ2v) is 7.89. The maximum atomic E-state index is 13.7. The summed E-state index contributed by atoms with van der Waals surface area (Å²) in [6.07, 6.45) is 4.85. The van der Waals surface area contributed by atoms with Gasteiger partial charge in [0.15, 0.2) is 0 Å². The molecule has 0 spiro atoms. The summed E-state index contributed by atoms with van der Waals surface area (Å²) >= 11 is 0. The van der Waals surface area contributed by atoms with E-state index < -0.39 is 0 Å². The number of benzene rings is 1. The van der Waals surface area contributed by atoms with E-state index >= 15 is 0 Å². The van der Waals surface area contributed by atoms with Crippen molar-refractivity contribution in [1.29, 1.82) is 0 Å². The van der Waals surface area contributed by atoms with Crippen LogP contribution in [0.2, 0.25) is 0 Å². The Labute approximate surface area is 153 Å². The summed E-state index contributed by atoms with van der Waals surface area (Å²) in [5.41, 5.74) is 0.801. The summed E-state index contributed by atoms with van der Waals surface area (Å²) in [6.45, 7) is 2.83. The average Bonchev–Trinajstić information content (AvgIpc) is 3.32. The highest BCUT2D eigenvalue weighted by Gasteiger charge is 2.56. The Kier molecular flexibility index (Phi) is 3.39. The first kappa shape index (κ1) is 15.9. The minimum absolute atomic E-state index is 0.257. The molecule has 5 rings (SSSR count). The van der Waals surface area contributed by atoms with Gasteiger partial charge in [0.05, 0.1) is 18.6 Å². The van der Waals surface area contributed by atoms with Crippen LogP contribution in [0.3, 0.4) is 0 Å². The minimum Gasteiger partial charge on any atom is -0.497 e. The molecule has 2 aliphatic heterocycles. The van der Waals surface area contributed by atoms with Gasteiger partial charge in [-0.05, 0) is 50.3 Å². The van der Waals surface area contributed by atoms with Gasteiger partial charge >= 0.3 is 0 Å². The molecule has 2 bridgehead atoms. The van der Waals surface area contributed by atoms with Crippen molar-refractivity contribution >= 4 is 5.91 Å². The number of methoxy groups -OCH3 is 1. The van der Waals surface area contributed by atoms with Crippen molar-refractivity contribution in [3.8, 4) is 5.75 Å². The molecule has 1 saturated heterocycles. The molecule has 0 unspecified atom stereocenters. The van der Waals surface area contributed by atoms with Crippen molar-refractivity contribution in [2.45, 2.75) is 63.1 Å². The molecule has 1 saturated carbocycles. The van der Waals surface area contributed by atoms with E-state index in [2.05, 4.69) is 31.8 Å². The first-order valence-electron chi connectivity index (χ1n) is 9.48. The van der Waals surface area contributed by atoms with Gasteiger partial charge in [0.1, 0.15) is 17.4 Å².